The number of fused-ring (bicyclic) bond motifs is 1. The van der Waals surface area contributed by atoms with E-state index in [0.29, 0.717) is 24.1 Å². The number of ether oxygens (including phenoxy) is 3. The van der Waals surface area contributed by atoms with Crippen molar-refractivity contribution >= 4 is 36.5 Å². The molecule has 2 N–H and O–H groups in total. The van der Waals surface area contributed by atoms with E-state index in [1.807, 2.05) is 4.57 Å². The fraction of sp³-hybridized carbons (Fsp3) is 0.720. The van der Waals surface area contributed by atoms with Gasteiger partial charge in [-0.2, -0.15) is 0 Å². The largest absolute Gasteiger partial charge is 0.438 e. The summed E-state index contributed by atoms with van der Waals surface area (Å²) in [5, 5.41) is 0. The third kappa shape index (κ3) is 7.97. The van der Waals surface area contributed by atoms with Crippen LogP contribution in [0, 0.1) is 16.7 Å². The van der Waals surface area contributed by atoms with Gasteiger partial charge in [0.15, 0.2) is 11.5 Å². The minimum absolute atomic E-state index is 0.185. The minimum Gasteiger partial charge on any atom is -0.438 e. The van der Waals surface area contributed by atoms with Gasteiger partial charge in [0.1, 0.15) is 18.2 Å². The second-order valence-corrected chi connectivity index (χ2v) is 13.8. The van der Waals surface area contributed by atoms with E-state index >= 15 is 0 Å². The molecule has 2 aromatic heterocycles. The Morgan fingerprint density at radius 2 is 1.64 bits per heavy atom. The SMILES string of the molecule is CCCC1CC1(Cn1cnc2c(N)ncnc21)OCP(=O)(OCOC(=O)C(C)(C)C)OCOC(=O)C(C)(C)C. The normalized spacial score (nSPS) is 19.7. The summed E-state index contributed by atoms with van der Waals surface area (Å²) in [4.78, 5) is 36.9. The Labute approximate surface area is 228 Å². The van der Waals surface area contributed by atoms with Crippen molar-refractivity contribution in [1.29, 1.82) is 0 Å². The molecule has 2 unspecified atom stereocenters. The molecular formula is C25H40N5O8P. The third-order valence-electron chi connectivity index (χ3n) is 6.29. The molecule has 1 fully saturated rings. The molecule has 218 valence electrons. The van der Waals surface area contributed by atoms with Gasteiger partial charge in [0.05, 0.1) is 29.3 Å². The topological polar surface area (TPSA) is 167 Å². The number of rotatable bonds is 13. The third-order valence-corrected chi connectivity index (χ3v) is 7.74. The molecule has 0 bridgehead atoms. The van der Waals surface area contributed by atoms with Gasteiger partial charge in [-0.15, -0.1) is 0 Å². The predicted octanol–water partition coefficient (Wildman–Crippen LogP) is 4.26. The Morgan fingerprint density at radius 1 is 1.05 bits per heavy atom. The highest BCUT2D eigenvalue weighted by molar-refractivity contribution is 7.53. The van der Waals surface area contributed by atoms with Crippen LogP contribution in [0.2, 0.25) is 0 Å². The number of carbonyl (C=O) groups excluding carboxylic acids is 2. The number of nitrogens with two attached hydrogens (primary N) is 1. The highest BCUT2D eigenvalue weighted by Crippen LogP contribution is 2.56. The first kappa shape index (κ1) is 30.9. The number of hydrogen-bond acceptors (Lipinski definition) is 12. The van der Waals surface area contributed by atoms with Crippen molar-refractivity contribution in [2.24, 2.45) is 16.7 Å². The zero-order valence-electron chi connectivity index (χ0n) is 23.8. The quantitative estimate of drug-likeness (QED) is 0.207. The maximum Gasteiger partial charge on any atom is 0.361 e. The van der Waals surface area contributed by atoms with Crippen molar-refractivity contribution in [3.8, 4) is 0 Å². The number of aromatic nitrogens is 4. The summed E-state index contributed by atoms with van der Waals surface area (Å²) in [6.45, 7) is 11.3. The molecule has 1 aliphatic rings. The number of carbonyl (C=O) groups is 2. The average molecular weight is 570 g/mol. The van der Waals surface area contributed by atoms with Crippen LogP contribution in [0.5, 0.6) is 0 Å². The molecular weight excluding hydrogens is 529 g/mol. The fourth-order valence-corrected chi connectivity index (χ4v) is 4.93. The van der Waals surface area contributed by atoms with Crippen molar-refractivity contribution < 1.29 is 37.4 Å². The molecule has 14 heteroatoms. The number of anilines is 1. The van der Waals surface area contributed by atoms with E-state index in [1.54, 1.807) is 47.9 Å². The molecule has 3 rings (SSSR count). The summed E-state index contributed by atoms with van der Waals surface area (Å²) in [6, 6.07) is 0. The first-order valence-corrected chi connectivity index (χ1v) is 14.6. The van der Waals surface area contributed by atoms with Gasteiger partial charge in [0.2, 0.25) is 13.6 Å². The molecule has 0 aromatic carbocycles. The summed E-state index contributed by atoms with van der Waals surface area (Å²) in [5.41, 5.74) is 4.73. The Morgan fingerprint density at radius 3 is 2.18 bits per heavy atom. The van der Waals surface area contributed by atoms with Gasteiger partial charge in [-0.3, -0.25) is 23.2 Å². The smallest absolute Gasteiger partial charge is 0.361 e. The summed E-state index contributed by atoms with van der Waals surface area (Å²) in [6.07, 6.45) is 5.07. The second kappa shape index (κ2) is 11.9. The maximum absolute atomic E-state index is 13.7. The highest BCUT2D eigenvalue weighted by atomic mass is 31.2. The van der Waals surface area contributed by atoms with Crippen LogP contribution in [0.15, 0.2) is 12.7 Å². The van der Waals surface area contributed by atoms with Gasteiger partial charge >= 0.3 is 19.5 Å². The first-order chi connectivity index (χ1) is 18.1. The van der Waals surface area contributed by atoms with E-state index in [-0.39, 0.29) is 11.7 Å². The fourth-order valence-electron chi connectivity index (χ4n) is 3.86. The van der Waals surface area contributed by atoms with E-state index in [1.165, 1.54) is 6.33 Å². The van der Waals surface area contributed by atoms with Gasteiger partial charge in [0.25, 0.3) is 0 Å². The van der Waals surface area contributed by atoms with Crippen LogP contribution < -0.4 is 5.73 Å². The van der Waals surface area contributed by atoms with Crippen molar-refractivity contribution in [2.75, 3.05) is 25.7 Å². The molecule has 1 aliphatic carbocycles. The maximum atomic E-state index is 13.7. The van der Waals surface area contributed by atoms with E-state index in [0.717, 1.165) is 12.8 Å². The number of esters is 2. The van der Waals surface area contributed by atoms with Crippen LogP contribution in [-0.2, 0) is 44.0 Å². The summed E-state index contributed by atoms with van der Waals surface area (Å²) >= 11 is 0. The number of nitrogens with zero attached hydrogens (tertiary/aromatic N) is 4. The van der Waals surface area contributed by atoms with Crippen LogP contribution in [0.1, 0.15) is 67.7 Å². The lowest BCUT2D eigenvalue weighted by molar-refractivity contribution is -0.162. The van der Waals surface area contributed by atoms with E-state index < -0.39 is 55.9 Å². The number of hydrogen-bond donors (Lipinski definition) is 1. The molecule has 1 saturated carbocycles. The van der Waals surface area contributed by atoms with Crippen molar-refractivity contribution in [2.45, 2.75) is 79.9 Å². The van der Waals surface area contributed by atoms with Crippen LogP contribution in [0.3, 0.4) is 0 Å². The highest BCUT2D eigenvalue weighted by Gasteiger charge is 2.56. The monoisotopic (exact) mass is 569 g/mol. The lowest BCUT2D eigenvalue weighted by atomic mass is 9.98. The molecule has 2 heterocycles. The van der Waals surface area contributed by atoms with Crippen molar-refractivity contribution in [1.82, 2.24) is 19.5 Å². The summed E-state index contributed by atoms with van der Waals surface area (Å²) < 4.78 is 42.8. The van der Waals surface area contributed by atoms with E-state index in [2.05, 4.69) is 21.9 Å². The predicted molar refractivity (Wildman–Crippen MR) is 142 cm³/mol. The molecule has 0 amide bonds. The molecule has 0 aliphatic heterocycles. The molecule has 0 saturated heterocycles. The van der Waals surface area contributed by atoms with Gasteiger partial charge in [0, 0.05) is 0 Å². The number of nitrogen functional groups attached to an aromatic ring is 1. The van der Waals surface area contributed by atoms with Gasteiger partial charge in [-0.05, 0) is 60.3 Å². The van der Waals surface area contributed by atoms with Crippen LogP contribution in [-0.4, -0.2) is 57.0 Å². The van der Waals surface area contributed by atoms with Crippen LogP contribution >= 0.6 is 7.60 Å². The molecule has 0 spiro atoms. The lowest BCUT2D eigenvalue weighted by Gasteiger charge is -2.25. The van der Waals surface area contributed by atoms with E-state index in [4.69, 9.17) is 29.0 Å². The van der Waals surface area contributed by atoms with Gasteiger partial charge < -0.3 is 24.5 Å². The summed E-state index contributed by atoms with van der Waals surface area (Å²) in [5.74, 6) is -0.617. The molecule has 39 heavy (non-hydrogen) atoms. The Bertz CT molecular complexity index is 1190. The van der Waals surface area contributed by atoms with Gasteiger partial charge in [-0.25, -0.2) is 15.0 Å². The zero-order chi connectivity index (χ0) is 29.1. The van der Waals surface area contributed by atoms with Gasteiger partial charge in [-0.1, -0.05) is 13.3 Å². The Balaban J connectivity index is 1.74. The standard InChI is InChI=1S/C25H40N5O8P/c1-8-9-17-10-25(17,11-30-13-29-18-19(26)27-12-28-20(18)30)36-16-39(33,37-14-34-21(31)23(2,3)4)38-15-35-22(32)24(5,6)7/h12-13,17H,8-11,14-16H2,1-7H3,(H2,26,27,28). The lowest BCUT2D eigenvalue weighted by Crippen LogP contribution is -2.27. The van der Waals surface area contributed by atoms with Crippen LogP contribution in [0.25, 0.3) is 11.2 Å². The average Bonchev–Trinajstić information content (AvgIpc) is 3.34. The Hall–Kier alpha value is -2.60. The Kier molecular flexibility index (Phi) is 9.42. The molecule has 2 aromatic rings. The number of imidazole rings is 1. The van der Waals surface area contributed by atoms with Crippen LogP contribution in [0.4, 0.5) is 5.82 Å². The molecule has 2 atom stereocenters. The first-order valence-electron chi connectivity index (χ1n) is 12.9. The second-order valence-electron chi connectivity index (χ2n) is 11.8. The summed E-state index contributed by atoms with van der Waals surface area (Å²) in [7, 11) is -4.03. The van der Waals surface area contributed by atoms with Crippen molar-refractivity contribution in [3.05, 3.63) is 12.7 Å². The van der Waals surface area contributed by atoms with Crippen molar-refractivity contribution in [3.63, 3.8) is 0 Å². The van der Waals surface area contributed by atoms with E-state index in [9.17, 15) is 14.2 Å². The molecule has 0 radical (unpaired) electrons. The molecule has 13 nitrogen and oxygen atoms in total. The zero-order valence-corrected chi connectivity index (χ0v) is 24.7. The minimum atomic E-state index is -4.03.